The van der Waals surface area contributed by atoms with Crippen molar-refractivity contribution in [1.82, 2.24) is 29.8 Å². The summed E-state index contributed by atoms with van der Waals surface area (Å²) in [6.45, 7) is 10.8. The van der Waals surface area contributed by atoms with Crippen molar-refractivity contribution in [2.24, 2.45) is 5.92 Å². The predicted octanol–water partition coefficient (Wildman–Crippen LogP) is 3.93. The van der Waals surface area contributed by atoms with Gasteiger partial charge in [0.2, 0.25) is 17.7 Å². The average molecular weight is 821 g/mol. The maximum atomic E-state index is 14.7. The van der Waals surface area contributed by atoms with Gasteiger partial charge in [0.05, 0.1) is 17.7 Å². The largest absolute Gasteiger partial charge is 0.375 e. The summed E-state index contributed by atoms with van der Waals surface area (Å²) in [5.41, 5.74) is 5.10. The number of benzene rings is 3. The zero-order valence-electron chi connectivity index (χ0n) is 35.0. The van der Waals surface area contributed by atoms with Gasteiger partial charge in [-0.25, -0.2) is 4.39 Å². The third kappa shape index (κ3) is 8.68. The third-order valence-corrected chi connectivity index (χ3v) is 13.5. The Morgan fingerprint density at radius 2 is 1.58 bits per heavy atom. The van der Waals surface area contributed by atoms with Crippen LogP contribution in [0.4, 0.5) is 15.8 Å². The molecule has 0 saturated carbocycles. The van der Waals surface area contributed by atoms with E-state index >= 15 is 0 Å². The van der Waals surface area contributed by atoms with Crippen molar-refractivity contribution in [2.75, 3.05) is 89.8 Å². The van der Waals surface area contributed by atoms with Gasteiger partial charge in [0.15, 0.2) is 0 Å². The molecule has 0 spiro atoms. The second kappa shape index (κ2) is 17.8. The van der Waals surface area contributed by atoms with Crippen LogP contribution in [0.15, 0.2) is 60.7 Å². The van der Waals surface area contributed by atoms with Gasteiger partial charge in [-0.1, -0.05) is 30.3 Å². The van der Waals surface area contributed by atoms with Gasteiger partial charge in [0.25, 0.3) is 11.8 Å². The normalized spacial score (nSPS) is 23.1. The summed E-state index contributed by atoms with van der Waals surface area (Å²) in [6.07, 6.45) is 3.13. The molecule has 0 bridgehead atoms. The molecule has 5 aliphatic rings. The topological polar surface area (TPSA) is 129 Å². The number of nitrogens with one attached hydrogen (secondary N) is 2. The number of halogens is 1. The Morgan fingerprint density at radius 1 is 0.850 bits per heavy atom. The van der Waals surface area contributed by atoms with Crippen LogP contribution in [0, 0.1) is 18.7 Å². The first kappa shape index (κ1) is 41.5. The van der Waals surface area contributed by atoms with Crippen LogP contribution in [-0.4, -0.2) is 146 Å². The first-order valence-electron chi connectivity index (χ1n) is 21.5. The van der Waals surface area contributed by atoms with Crippen molar-refractivity contribution >= 4 is 40.9 Å². The monoisotopic (exact) mass is 820 g/mol. The van der Waals surface area contributed by atoms with Crippen LogP contribution in [-0.2, 0) is 20.9 Å². The van der Waals surface area contributed by atoms with Gasteiger partial charge in [-0.05, 0) is 101 Å². The fourth-order valence-electron chi connectivity index (χ4n) is 9.88. The summed E-state index contributed by atoms with van der Waals surface area (Å²) in [4.78, 5) is 76.5. The van der Waals surface area contributed by atoms with Crippen LogP contribution in [0.3, 0.4) is 0 Å². The number of anilines is 2. The Morgan fingerprint density at radius 3 is 2.28 bits per heavy atom. The molecule has 4 fully saturated rings. The number of rotatable bonds is 12. The molecule has 14 heteroatoms. The summed E-state index contributed by atoms with van der Waals surface area (Å²) in [5, 5.41) is 5.31. The Bertz CT molecular complexity index is 2090. The van der Waals surface area contributed by atoms with Gasteiger partial charge in [-0.15, -0.1) is 0 Å². The fourth-order valence-corrected chi connectivity index (χ4v) is 9.88. The van der Waals surface area contributed by atoms with Crippen LogP contribution in [0.2, 0.25) is 0 Å². The van der Waals surface area contributed by atoms with Crippen molar-refractivity contribution in [3.05, 3.63) is 94.3 Å². The minimum atomic E-state index is -1.04. The van der Waals surface area contributed by atoms with Crippen molar-refractivity contribution in [1.29, 1.82) is 0 Å². The molecule has 318 valence electrons. The highest BCUT2D eigenvalue weighted by Gasteiger charge is 2.46. The molecule has 3 aromatic rings. The molecular weight excluding hydrogens is 764 g/mol. The van der Waals surface area contributed by atoms with E-state index in [1.807, 2.05) is 17.9 Å². The number of likely N-dealkylation sites (N-methyl/N-ethyl adjacent to an activating group) is 1. The summed E-state index contributed by atoms with van der Waals surface area (Å²) >= 11 is 0. The molecule has 8 rings (SSSR count). The molecular formula is C46H57FN8O5. The van der Waals surface area contributed by atoms with Crippen molar-refractivity contribution in [3.63, 3.8) is 0 Å². The van der Waals surface area contributed by atoms with Crippen LogP contribution in [0.25, 0.3) is 0 Å². The number of imide groups is 2. The van der Waals surface area contributed by atoms with Gasteiger partial charge < -0.3 is 20.0 Å². The van der Waals surface area contributed by atoms with E-state index in [-0.39, 0.29) is 42.2 Å². The lowest BCUT2D eigenvalue weighted by Gasteiger charge is -2.38. The van der Waals surface area contributed by atoms with Crippen LogP contribution in [0.1, 0.15) is 75.4 Å². The van der Waals surface area contributed by atoms with Crippen molar-refractivity contribution in [3.8, 4) is 0 Å². The number of hydrogen-bond acceptors (Lipinski definition) is 10. The fraction of sp³-hybridized carbons (Fsp3) is 0.500. The average Bonchev–Trinajstić information content (AvgIpc) is 3.79. The van der Waals surface area contributed by atoms with E-state index in [1.54, 1.807) is 30.3 Å². The highest BCUT2D eigenvalue weighted by molar-refractivity contribution is 6.25. The molecule has 0 aromatic heterocycles. The van der Waals surface area contributed by atoms with Crippen molar-refractivity contribution in [2.45, 2.75) is 63.6 Å². The van der Waals surface area contributed by atoms with Gasteiger partial charge in [0.1, 0.15) is 11.9 Å². The molecule has 3 aromatic carbocycles. The molecule has 5 aliphatic heterocycles. The minimum absolute atomic E-state index is 0.0133. The van der Waals surface area contributed by atoms with Gasteiger partial charge in [-0.2, -0.15) is 0 Å². The number of carbonyl (C=O) groups is 5. The number of aryl methyl sites for hydroxylation is 1. The van der Waals surface area contributed by atoms with Crippen LogP contribution in [0.5, 0.6) is 0 Å². The number of fused-ring (bicyclic) bond motifs is 1. The number of likely N-dealkylation sites (tertiary alicyclic amines) is 2. The van der Waals surface area contributed by atoms with Gasteiger partial charge >= 0.3 is 0 Å². The van der Waals surface area contributed by atoms with Crippen LogP contribution < -0.4 is 15.5 Å². The first-order valence-corrected chi connectivity index (χ1v) is 21.5. The van der Waals surface area contributed by atoms with Crippen LogP contribution >= 0.6 is 0 Å². The molecule has 0 radical (unpaired) electrons. The first-order chi connectivity index (χ1) is 28.9. The standard InChI is InChI=1S/C46H57FN8O5/c1-30-6-4-8-37(47)35(30)27-52-28-36(40(29-52)50(2)3)32-10-12-33(13-11-32)53-24-22-51(23-25-53)19-16-31-17-20-54(21-18-31)42(57)26-48-38-9-5-7-34-43(38)46(60)55(45(34)59)39-14-15-41(56)49-44(39)58/h4-13,31,36,39-40,48H,14-29H2,1-3H3,(H,49,56,58)/t36-,39?,40+/m1/s1. The van der Waals surface area contributed by atoms with E-state index in [1.165, 1.54) is 11.3 Å². The smallest absolute Gasteiger partial charge is 0.264 e. The lowest BCUT2D eigenvalue weighted by atomic mass is 9.93. The molecule has 0 aliphatic carbocycles. The maximum absolute atomic E-state index is 14.7. The van der Waals surface area contributed by atoms with Crippen molar-refractivity contribution < 1.29 is 28.4 Å². The van der Waals surface area contributed by atoms with E-state index in [2.05, 4.69) is 68.6 Å². The van der Waals surface area contributed by atoms with E-state index in [0.717, 1.165) is 81.1 Å². The Hall–Kier alpha value is -5.18. The highest BCUT2D eigenvalue weighted by Crippen LogP contribution is 2.35. The summed E-state index contributed by atoms with van der Waals surface area (Å²) in [6, 6.07) is 18.7. The molecule has 13 nitrogen and oxygen atoms in total. The quantitative estimate of drug-likeness (QED) is 0.260. The SMILES string of the molecule is Cc1cccc(F)c1CN1C[C@H](c2ccc(N3CCN(CCC4CCN(C(=O)CNc5cccc6c5C(=O)N(C5CCC(=O)NC5=O)C6=O)CC4)CC3)cc2)[C@@H](N(C)C)C1. The van der Waals surface area contributed by atoms with Gasteiger partial charge in [-0.3, -0.25) is 44.0 Å². The summed E-state index contributed by atoms with van der Waals surface area (Å²) in [5.74, 6) is -1.53. The number of carbonyl (C=O) groups excluding carboxylic acids is 5. The minimum Gasteiger partial charge on any atom is -0.375 e. The number of piperidine rings is 2. The Kier molecular flexibility index (Phi) is 12.3. The molecule has 5 heterocycles. The lowest BCUT2D eigenvalue weighted by molar-refractivity contribution is -0.136. The molecule has 1 unspecified atom stereocenters. The molecule has 4 saturated heterocycles. The number of piperazine rings is 1. The Balaban J connectivity index is 0.760. The number of nitrogens with zero attached hydrogens (tertiary/aromatic N) is 6. The number of hydrogen-bond donors (Lipinski definition) is 2. The van der Waals surface area contributed by atoms with E-state index < -0.39 is 29.7 Å². The number of amides is 5. The van der Waals surface area contributed by atoms with E-state index in [0.29, 0.717) is 43.2 Å². The summed E-state index contributed by atoms with van der Waals surface area (Å²) in [7, 11) is 4.29. The zero-order chi connectivity index (χ0) is 42.1. The summed E-state index contributed by atoms with van der Waals surface area (Å²) < 4.78 is 14.7. The van der Waals surface area contributed by atoms with Gasteiger partial charge in [0, 0.05) is 94.2 Å². The molecule has 2 N–H and O–H groups in total. The zero-order valence-corrected chi connectivity index (χ0v) is 35.0. The highest BCUT2D eigenvalue weighted by atomic mass is 19.1. The molecule has 5 amide bonds. The second-order valence-corrected chi connectivity index (χ2v) is 17.4. The molecule has 60 heavy (non-hydrogen) atoms. The molecule has 3 atom stereocenters. The maximum Gasteiger partial charge on any atom is 0.264 e. The van der Waals surface area contributed by atoms with E-state index in [4.69, 9.17) is 0 Å². The lowest BCUT2D eigenvalue weighted by Crippen LogP contribution is -2.54. The second-order valence-electron chi connectivity index (χ2n) is 17.4. The third-order valence-electron chi connectivity index (χ3n) is 13.5. The Labute approximate surface area is 351 Å². The van der Waals surface area contributed by atoms with E-state index in [9.17, 15) is 28.4 Å². The predicted molar refractivity (Wildman–Crippen MR) is 227 cm³/mol.